The second kappa shape index (κ2) is 8.27. The zero-order valence-electron chi connectivity index (χ0n) is 12.1. The van der Waals surface area contributed by atoms with Gasteiger partial charge in [0.15, 0.2) is 11.6 Å². The molecule has 0 fully saturated rings. The number of hydrogen-bond acceptors (Lipinski definition) is 3. The number of halogens is 1. The lowest BCUT2D eigenvalue weighted by Gasteiger charge is -2.13. The van der Waals surface area contributed by atoms with Crippen LogP contribution < -0.4 is 14.8 Å². The Morgan fingerprint density at radius 1 is 0.952 bits per heavy atom. The van der Waals surface area contributed by atoms with E-state index in [1.54, 1.807) is 6.07 Å². The van der Waals surface area contributed by atoms with Crippen LogP contribution in [0.15, 0.2) is 48.5 Å². The lowest BCUT2D eigenvalue weighted by molar-refractivity contribution is 0.210. The average molecular weight is 289 g/mol. The van der Waals surface area contributed by atoms with Gasteiger partial charge in [-0.3, -0.25) is 0 Å². The highest BCUT2D eigenvalue weighted by atomic mass is 19.1. The minimum Gasteiger partial charge on any atom is -0.490 e. The summed E-state index contributed by atoms with van der Waals surface area (Å²) in [5, 5.41) is 3.17. The third-order valence-electron chi connectivity index (χ3n) is 2.96. The summed E-state index contributed by atoms with van der Waals surface area (Å²) < 4.78 is 24.9. The van der Waals surface area contributed by atoms with Crippen LogP contribution in [0.5, 0.6) is 11.5 Å². The molecule has 21 heavy (non-hydrogen) atoms. The van der Waals surface area contributed by atoms with Gasteiger partial charge in [0.1, 0.15) is 19.0 Å². The molecular formula is C17H20FNO2. The number of benzene rings is 2. The van der Waals surface area contributed by atoms with E-state index in [-0.39, 0.29) is 5.82 Å². The Labute approximate surface area is 124 Å². The summed E-state index contributed by atoms with van der Waals surface area (Å²) in [6, 6.07) is 14.4. The molecule has 3 nitrogen and oxygen atoms in total. The molecular weight excluding hydrogens is 269 g/mol. The first-order valence-electron chi connectivity index (χ1n) is 7.10. The van der Waals surface area contributed by atoms with Crippen molar-refractivity contribution < 1.29 is 13.9 Å². The maximum Gasteiger partial charge on any atom is 0.165 e. The zero-order valence-corrected chi connectivity index (χ0v) is 12.1. The Kier molecular flexibility index (Phi) is 6.03. The summed E-state index contributed by atoms with van der Waals surface area (Å²) in [4.78, 5) is 0. The number of nitrogens with one attached hydrogen (secondary N) is 1. The Morgan fingerprint density at radius 3 is 2.48 bits per heavy atom. The lowest BCUT2D eigenvalue weighted by atomic mass is 10.2. The van der Waals surface area contributed by atoms with E-state index in [2.05, 4.69) is 5.32 Å². The van der Waals surface area contributed by atoms with Gasteiger partial charge in [-0.25, -0.2) is 4.39 Å². The molecule has 0 aliphatic rings. The number of rotatable bonds is 8. The minimum atomic E-state index is -0.342. The van der Waals surface area contributed by atoms with Gasteiger partial charge in [0, 0.05) is 12.1 Å². The topological polar surface area (TPSA) is 30.5 Å². The average Bonchev–Trinajstić information content (AvgIpc) is 2.52. The Hall–Kier alpha value is -2.07. The summed E-state index contributed by atoms with van der Waals surface area (Å²) in [7, 11) is 0. The van der Waals surface area contributed by atoms with Crippen LogP contribution in [0.2, 0.25) is 0 Å². The van der Waals surface area contributed by atoms with Crippen molar-refractivity contribution in [2.45, 2.75) is 13.5 Å². The highest BCUT2D eigenvalue weighted by Crippen LogP contribution is 2.22. The van der Waals surface area contributed by atoms with Crippen LogP contribution in [0, 0.1) is 5.82 Å². The number of hydrogen-bond donors (Lipinski definition) is 1. The van der Waals surface area contributed by atoms with Crippen molar-refractivity contribution in [2.24, 2.45) is 0 Å². The summed E-state index contributed by atoms with van der Waals surface area (Å²) in [6.45, 7) is 4.09. The van der Waals surface area contributed by atoms with Gasteiger partial charge in [-0.1, -0.05) is 37.3 Å². The molecule has 0 atom stereocenters. The SMILES string of the molecule is CCNCc1cccc(F)c1OCCOc1ccccc1. The maximum absolute atomic E-state index is 13.8. The summed E-state index contributed by atoms with van der Waals surface area (Å²) in [5.74, 6) is 0.739. The molecule has 0 aliphatic heterocycles. The van der Waals surface area contributed by atoms with E-state index in [1.807, 2.05) is 43.3 Å². The zero-order chi connectivity index (χ0) is 14.9. The molecule has 0 saturated carbocycles. The summed E-state index contributed by atoms with van der Waals surface area (Å²) in [6.07, 6.45) is 0. The fraction of sp³-hybridized carbons (Fsp3) is 0.294. The molecule has 4 heteroatoms. The van der Waals surface area contributed by atoms with E-state index < -0.39 is 0 Å². The van der Waals surface area contributed by atoms with Gasteiger partial charge in [0.25, 0.3) is 0 Å². The molecule has 0 radical (unpaired) electrons. The molecule has 0 amide bonds. The predicted octanol–water partition coefficient (Wildman–Crippen LogP) is 3.39. The Balaban J connectivity index is 1.87. The van der Waals surface area contributed by atoms with Crippen molar-refractivity contribution >= 4 is 0 Å². The highest BCUT2D eigenvalue weighted by Gasteiger charge is 2.09. The Bertz CT molecular complexity index is 546. The van der Waals surface area contributed by atoms with Gasteiger partial charge in [0.2, 0.25) is 0 Å². The van der Waals surface area contributed by atoms with Crippen LogP contribution >= 0.6 is 0 Å². The van der Waals surface area contributed by atoms with Crippen molar-refractivity contribution in [1.82, 2.24) is 5.32 Å². The molecule has 0 saturated heterocycles. The predicted molar refractivity (Wildman–Crippen MR) is 81.2 cm³/mol. The fourth-order valence-electron chi connectivity index (χ4n) is 1.93. The molecule has 2 aromatic carbocycles. The molecule has 0 unspecified atom stereocenters. The van der Waals surface area contributed by atoms with Crippen LogP contribution in [0.3, 0.4) is 0 Å². The molecule has 0 aliphatic carbocycles. The fourth-order valence-corrected chi connectivity index (χ4v) is 1.93. The molecule has 112 valence electrons. The molecule has 2 rings (SSSR count). The second-order valence-electron chi connectivity index (χ2n) is 4.52. The van der Waals surface area contributed by atoms with Gasteiger partial charge in [0.05, 0.1) is 0 Å². The molecule has 2 aromatic rings. The van der Waals surface area contributed by atoms with Crippen molar-refractivity contribution in [3.05, 3.63) is 59.9 Å². The third-order valence-corrected chi connectivity index (χ3v) is 2.96. The van der Waals surface area contributed by atoms with Gasteiger partial charge < -0.3 is 14.8 Å². The maximum atomic E-state index is 13.8. The van der Waals surface area contributed by atoms with Crippen molar-refractivity contribution in [1.29, 1.82) is 0 Å². The number of para-hydroxylation sites is 2. The Morgan fingerprint density at radius 2 is 1.71 bits per heavy atom. The lowest BCUT2D eigenvalue weighted by Crippen LogP contribution is -2.15. The second-order valence-corrected chi connectivity index (χ2v) is 4.52. The number of ether oxygens (including phenoxy) is 2. The van der Waals surface area contributed by atoms with Crippen molar-refractivity contribution in [2.75, 3.05) is 19.8 Å². The van der Waals surface area contributed by atoms with Crippen LogP contribution in [0.1, 0.15) is 12.5 Å². The minimum absolute atomic E-state index is 0.301. The van der Waals surface area contributed by atoms with Gasteiger partial charge in [-0.2, -0.15) is 0 Å². The van der Waals surface area contributed by atoms with Crippen LogP contribution in [-0.4, -0.2) is 19.8 Å². The molecule has 1 N–H and O–H groups in total. The van der Waals surface area contributed by atoms with Gasteiger partial charge in [-0.15, -0.1) is 0 Å². The van der Waals surface area contributed by atoms with E-state index in [9.17, 15) is 4.39 Å². The normalized spacial score (nSPS) is 10.4. The molecule has 0 bridgehead atoms. The monoisotopic (exact) mass is 289 g/mol. The van der Waals surface area contributed by atoms with Gasteiger partial charge in [-0.05, 0) is 24.7 Å². The van der Waals surface area contributed by atoms with E-state index >= 15 is 0 Å². The summed E-state index contributed by atoms with van der Waals surface area (Å²) in [5.41, 5.74) is 0.816. The van der Waals surface area contributed by atoms with Crippen LogP contribution in [0.4, 0.5) is 4.39 Å². The van der Waals surface area contributed by atoms with Crippen LogP contribution in [0.25, 0.3) is 0 Å². The van der Waals surface area contributed by atoms with Crippen molar-refractivity contribution in [3.63, 3.8) is 0 Å². The standard InChI is InChI=1S/C17H20FNO2/c1-2-19-13-14-7-6-10-16(18)17(14)21-12-11-20-15-8-4-3-5-9-15/h3-10,19H,2,11-13H2,1H3. The van der Waals surface area contributed by atoms with Gasteiger partial charge >= 0.3 is 0 Å². The smallest absolute Gasteiger partial charge is 0.165 e. The molecule has 0 heterocycles. The molecule has 0 spiro atoms. The quantitative estimate of drug-likeness (QED) is 0.756. The van der Waals surface area contributed by atoms with E-state index in [0.29, 0.717) is 25.5 Å². The van der Waals surface area contributed by atoms with E-state index in [1.165, 1.54) is 6.07 Å². The first-order valence-corrected chi connectivity index (χ1v) is 7.10. The third kappa shape index (κ3) is 4.76. The molecule has 0 aromatic heterocycles. The van der Waals surface area contributed by atoms with Crippen molar-refractivity contribution in [3.8, 4) is 11.5 Å². The van der Waals surface area contributed by atoms with Crippen LogP contribution in [-0.2, 0) is 6.54 Å². The van der Waals surface area contributed by atoms with E-state index in [4.69, 9.17) is 9.47 Å². The first-order chi connectivity index (χ1) is 10.3. The largest absolute Gasteiger partial charge is 0.490 e. The highest BCUT2D eigenvalue weighted by molar-refractivity contribution is 5.35. The first kappa shape index (κ1) is 15.3. The van der Waals surface area contributed by atoms with E-state index in [0.717, 1.165) is 17.9 Å². The summed E-state index contributed by atoms with van der Waals surface area (Å²) >= 11 is 0.